The third-order valence-electron chi connectivity index (χ3n) is 4.47. The van der Waals surface area contributed by atoms with E-state index in [0.717, 1.165) is 16.5 Å². The van der Waals surface area contributed by atoms with Gasteiger partial charge >= 0.3 is 0 Å². The highest BCUT2D eigenvalue weighted by Crippen LogP contribution is 2.27. The minimum absolute atomic E-state index is 0.272. The first-order valence-electron chi connectivity index (χ1n) is 9.63. The molecule has 2 amide bonds. The molecular weight excluding hydrogens is 396 g/mol. The van der Waals surface area contributed by atoms with Crippen LogP contribution < -0.4 is 25.9 Å². The van der Waals surface area contributed by atoms with Gasteiger partial charge in [-0.05, 0) is 53.6 Å². The van der Waals surface area contributed by atoms with E-state index in [4.69, 9.17) is 15.2 Å². The number of methoxy groups -OCH3 is 1. The van der Waals surface area contributed by atoms with Crippen molar-refractivity contribution in [2.45, 2.75) is 13.0 Å². The van der Waals surface area contributed by atoms with Gasteiger partial charge in [0.2, 0.25) is 0 Å². The van der Waals surface area contributed by atoms with Crippen LogP contribution in [0.15, 0.2) is 65.8 Å². The molecule has 0 fully saturated rings. The second-order valence-corrected chi connectivity index (χ2v) is 6.83. The van der Waals surface area contributed by atoms with Crippen LogP contribution in [0.1, 0.15) is 12.5 Å². The van der Waals surface area contributed by atoms with E-state index in [2.05, 4.69) is 15.8 Å². The van der Waals surface area contributed by atoms with Crippen LogP contribution >= 0.6 is 0 Å². The highest BCUT2D eigenvalue weighted by Gasteiger charge is 2.12. The van der Waals surface area contributed by atoms with Crippen LogP contribution in [0.2, 0.25) is 0 Å². The van der Waals surface area contributed by atoms with Crippen molar-refractivity contribution in [3.8, 4) is 11.5 Å². The maximum absolute atomic E-state index is 12.4. The van der Waals surface area contributed by atoms with E-state index >= 15 is 0 Å². The van der Waals surface area contributed by atoms with E-state index in [0.29, 0.717) is 17.1 Å². The average Bonchev–Trinajstić information content (AvgIpc) is 2.77. The van der Waals surface area contributed by atoms with Crippen LogP contribution in [-0.4, -0.2) is 37.8 Å². The molecule has 0 aliphatic carbocycles. The van der Waals surface area contributed by atoms with Gasteiger partial charge in [0, 0.05) is 5.69 Å². The fraction of sp³-hybridized carbons (Fsp3) is 0.174. The van der Waals surface area contributed by atoms with Crippen molar-refractivity contribution in [3.05, 3.63) is 66.2 Å². The molecule has 0 spiro atoms. The van der Waals surface area contributed by atoms with Crippen molar-refractivity contribution in [1.29, 1.82) is 0 Å². The summed E-state index contributed by atoms with van der Waals surface area (Å²) in [5.41, 5.74) is 9.11. The Morgan fingerprint density at radius 2 is 1.84 bits per heavy atom. The van der Waals surface area contributed by atoms with Gasteiger partial charge in [-0.25, -0.2) is 5.43 Å². The molecule has 8 heteroatoms. The van der Waals surface area contributed by atoms with E-state index in [-0.39, 0.29) is 12.5 Å². The van der Waals surface area contributed by atoms with Crippen molar-refractivity contribution < 1.29 is 19.1 Å². The number of hydrogen-bond acceptors (Lipinski definition) is 6. The van der Waals surface area contributed by atoms with Crippen molar-refractivity contribution in [2.24, 2.45) is 10.8 Å². The number of carbonyl (C=O) groups excluding carboxylic acids is 2. The largest absolute Gasteiger partial charge is 0.493 e. The smallest absolute Gasteiger partial charge is 0.262 e. The lowest BCUT2D eigenvalue weighted by Crippen LogP contribution is -2.34. The molecule has 3 rings (SSSR count). The van der Waals surface area contributed by atoms with Gasteiger partial charge in [-0.3, -0.25) is 9.59 Å². The predicted molar refractivity (Wildman–Crippen MR) is 120 cm³/mol. The molecule has 1 unspecified atom stereocenters. The standard InChI is InChI=1S/C23H24N4O4/c1-15(26-19-9-8-17-5-3-4-6-18(17)12-19)23(29)27-25-13-16-7-10-20(30-2)21(11-16)31-14-22(24)28/h3-13,15,26H,14H2,1-2H3,(H2,24,28)(H,27,29)/b25-13+. The molecule has 4 N–H and O–H groups in total. The van der Waals surface area contributed by atoms with Gasteiger partial charge in [0.1, 0.15) is 6.04 Å². The number of ether oxygens (including phenoxy) is 2. The molecular formula is C23H24N4O4. The van der Waals surface area contributed by atoms with Crippen LogP contribution in [-0.2, 0) is 9.59 Å². The molecule has 160 valence electrons. The molecule has 0 heterocycles. The Bertz CT molecular complexity index is 1110. The number of rotatable bonds is 9. The van der Waals surface area contributed by atoms with Crippen LogP contribution in [0.4, 0.5) is 5.69 Å². The number of hydrogen-bond donors (Lipinski definition) is 3. The summed E-state index contributed by atoms with van der Waals surface area (Å²) in [5, 5.41) is 9.38. The first kappa shape index (κ1) is 21.6. The molecule has 0 radical (unpaired) electrons. The Balaban J connectivity index is 1.59. The number of carbonyl (C=O) groups is 2. The molecule has 1 atom stereocenters. The molecule has 0 aromatic heterocycles. The maximum atomic E-state index is 12.4. The summed E-state index contributed by atoms with van der Waals surface area (Å²) in [7, 11) is 1.49. The average molecular weight is 420 g/mol. The Hall–Kier alpha value is -4.07. The van der Waals surface area contributed by atoms with Crippen molar-refractivity contribution in [3.63, 3.8) is 0 Å². The SMILES string of the molecule is COc1ccc(/C=N/NC(=O)C(C)Nc2ccc3ccccc3c2)cc1OCC(N)=O. The van der Waals surface area contributed by atoms with Gasteiger partial charge in [0.05, 0.1) is 13.3 Å². The van der Waals surface area contributed by atoms with Gasteiger partial charge in [0.15, 0.2) is 18.1 Å². The number of fused-ring (bicyclic) bond motifs is 1. The summed E-state index contributed by atoms with van der Waals surface area (Å²) >= 11 is 0. The van der Waals surface area contributed by atoms with E-state index < -0.39 is 11.9 Å². The van der Waals surface area contributed by atoms with Gasteiger partial charge in [-0.1, -0.05) is 30.3 Å². The van der Waals surface area contributed by atoms with Crippen molar-refractivity contribution in [1.82, 2.24) is 5.43 Å². The number of nitrogens with zero attached hydrogens (tertiary/aromatic N) is 1. The Morgan fingerprint density at radius 3 is 2.58 bits per heavy atom. The molecule has 0 bridgehead atoms. The summed E-state index contributed by atoms with van der Waals surface area (Å²) in [6.45, 7) is 1.48. The van der Waals surface area contributed by atoms with Crippen LogP contribution in [0.5, 0.6) is 11.5 Å². The fourth-order valence-corrected chi connectivity index (χ4v) is 2.90. The number of anilines is 1. The maximum Gasteiger partial charge on any atom is 0.262 e. The second kappa shape index (κ2) is 10.1. The van der Waals surface area contributed by atoms with Crippen LogP contribution in [0.3, 0.4) is 0 Å². The first-order chi connectivity index (χ1) is 15.0. The summed E-state index contributed by atoms with van der Waals surface area (Å²) < 4.78 is 10.5. The minimum atomic E-state index is -0.596. The zero-order chi connectivity index (χ0) is 22.2. The normalized spacial score (nSPS) is 11.8. The number of nitrogens with one attached hydrogen (secondary N) is 2. The summed E-state index contributed by atoms with van der Waals surface area (Å²) in [4.78, 5) is 23.3. The third kappa shape index (κ3) is 5.96. The van der Waals surface area contributed by atoms with Gasteiger partial charge in [-0.15, -0.1) is 0 Å². The van der Waals surface area contributed by atoms with Gasteiger partial charge in [-0.2, -0.15) is 5.10 Å². The van der Waals surface area contributed by atoms with Crippen molar-refractivity contribution >= 4 is 34.5 Å². The Morgan fingerprint density at radius 1 is 1.06 bits per heavy atom. The van der Waals surface area contributed by atoms with E-state index in [1.807, 2.05) is 42.5 Å². The summed E-state index contributed by atoms with van der Waals surface area (Å²) in [6, 6.07) is 18.5. The molecule has 0 saturated carbocycles. The lowest BCUT2D eigenvalue weighted by atomic mass is 10.1. The highest BCUT2D eigenvalue weighted by molar-refractivity contribution is 5.89. The lowest BCUT2D eigenvalue weighted by molar-refractivity contribution is -0.121. The fourth-order valence-electron chi connectivity index (χ4n) is 2.90. The number of hydrazone groups is 1. The lowest BCUT2D eigenvalue weighted by Gasteiger charge is -2.14. The molecule has 3 aromatic rings. The van der Waals surface area contributed by atoms with Crippen molar-refractivity contribution in [2.75, 3.05) is 19.0 Å². The Kier molecular flexibility index (Phi) is 7.05. The van der Waals surface area contributed by atoms with E-state index in [1.54, 1.807) is 25.1 Å². The number of primary amides is 1. The third-order valence-corrected chi connectivity index (χ3v) is 4.47. The monoisotopic (exact) mass is 420 g/mol. The molecule has 0 aliphatic rings. The first-order valence-corrected chi connectivity index (χ1v) is 9.63. The molecule has 3 aromatic carbocycles. The molecule has 31 heavy (non-hydrogen) atoms. The molecule has 0 saturated heterocycles. The Labute approximate surface area is 180 Å². The second-order valence-electron chi connectivity index (χ2n) is 6.83. The summed E-state index contributed by atoms with van der Waals surface area (Å²) in [6.07, 6.45) is 1.47. The molecule has 0 aliphatic heterocycles. The highest BCUT2D eigenvalue weighted by atomic mass is 16.5. The minimum Gasteiger partial charge on any atom is -0.493 e. The van der Waals surface area contributed by atoms with Gasteiger partial charge in [0.25, 0.3) is 11.8 Å². The van der Waals surface area contributed by atoms with Crippen LogP contribution in [0.25, 0.3) is 10.8 Å². The van der Waals surface area contributed by atoms with Crippen LogP contribution in [0, 0.1) is 0 Å². The van der Waals surface area contributed by atoms with Gasteiger partial charge < -0.3 is 20.5 Å². The predicted octanol–water partition coefficient (Wildman–Crippen LogP) is 2.66. The summed E-state index contributed by atoms with van der Waals surface area (Å²) in [5.74, 6) is -0.0806. The van der Waals surface area contributed by atoms with E-state index in [9.17, 15) is 9.59 Å². The number of benzene rings is 3. The van der Waals surface area contributed by atoms with E-state index in [1.165, 1.54) is 13.3 Å². The quantitative estimate of drug-likeness (QED) is 0.364. The number of amides is 2. The zero-order valence-electron chi connectivity index (χ0n) is 17.3. The zero-order valence-corrected chi connectivity index (χ0v) is 17.3. The topological polar surface area (TPSA) is 115 Å². The molecule has 8 nitrogen and oxygen atoms in total. The number of nitrogens with two attached hydrogens (primary N) is 1.